The Morgan fingerprint density at radius 3 is 1.47 bits per heavy atom. The number of hydrogen-bond acceptors (Lipinski definition) is 0. The minimum Gasteiger partial charge on any atom is -1.00 e. The molecule has 1 aliphatic rings. The quantitative estimate of drug-likeness (QED) is 0.292. The molecule has 0 radical (unpaired) electrons. The van der Waals surface area contributed by atoms with Gasteiger partial charge in [-0.2, -0.15) is 6.08 Å². The summed E-state index contributed by atoms with van der Waals surface area (Å²) in [7, 11) is 0. The van der Waals surface area contributed by atoms with E-state index in [2.05, 4.69) is 109 Å². The van der Waals surface area contributed by atoms with Gasteiger partial charge >= 0.3 is 41.9 Å². The molecule has 0 aromatic heterocycles. The fourth-order valence-electron chi connectivity index (χ4n) is 3.30. The van der Waals surface area contributed by atoms with Gasteiger partial charge in [0.25, 0.3) is 0 Å². The van der Waals surface area contributed by atoms with E-state index < -0.39 is 0 Å². The first-order valence-electron chi connectivity index (χ1n) is 10.8. The van der Waals surface area contributed by atoms with E-state index in [1.807, 2.05) is 12.2 Å². The van der Waals surface area contributed by atoms with Crippen LogP contribution in [0.15, 0.2) is 60.7 Å². The van der Waals surface area contributed by atoms with Gasteiger partial charge in [0.05, 0.1) is 0 Å². The van der Waals surface area contributed by atoms with Gasteiger partial charge in [0.15, 0.2) is 0 Å². The second-order valence-corrected chi connectivity index (χ2v) is 19.6. The van der Waals surface area contributed by atoms with E-state index >= 15 is 0 Å². The summed E-state index contributed by atoms with van der Waals surface area (Å²) in [6.45, 7) is 18.3. The molecule has 0 atom stereocenters. The fraction of sp³-hybridized carbons (Fsp3) is 0.393. The van der Waals surface area contributed by atoms with Crippen molar-refractivity contribution in [3.05, 3.63) is 77.9 Å². The summed E-state index contributed by atoms with van der Waals surface area (Å²) in [5.41, 5.74) is 3.42. The van der Waals surface area contributed by atoms with Gasteiger partial charge in [-0.15, -0.1) is 46.2 Å². The Morgan fingerprint density at radius 2 is 1.22 bits per heavy atom. The zero-order valence-corrected chi connectivity index (χ0v) is 25.7. The van der Waals surface area contributed by atoms with Crippen LogP contribution in [0.5, 0.6) is 0 Å². The van der Waals surface area contributed by atoms with Crippen molar-refractivity contribution in [1.82, 2.24) is 0 Å². The fourth-order valence-corrected chi connectivity index (χ4v) is 3.30. The van der Waals surface area contributed by atoms with Gasteiger partial charge in [-0.3, -0.25) is 6.08 Å². The van der Waals surface area contributed by atoms with Gasteiger partial charge < -0.3 is 24.8 Å². The van der Waals surface area contributed by atoms with E-state index in [-0.39, 0.29) is 41.1 Å². The van der Waals surface area contributed by atoms with Crippen LogP contribution in [0.3, 0.4) is 0 Å². The van der Waals surface area contributed by atoms with Crippen LogP contribution in [-0.2, 0) is 34.2 Å². The van der Waals surface area contributed by atoms with Crippen molar-refractivity contribution < 1.29 is 48.1 Å². The number of hydrogen-bond donors (Lipinski definition) is 0. The predicted octanol–water partition coefficient (Wildman–Crippen LogP) is 2.40. The van der Waals surface area contributed by atoms with Crippen LogP contribution < -0.4 is 24.8 Å². The average molecular weight is 563 g/mol. The largest absolute Gasteiger partial charge is 1.00 e. The van der Waals surface area contributed by atoms with Gasteiger partial charge in [-0.05, 0) is 10.8 Å². The van der Waals surface area contributed by atoms with Crippen LogP contribution in [0, 0.1) is 6.08 Å². The standard InChI is InChI=1S/C21H25.C5H5.C2H6Si.2ClH.Zr/c1-20(2,3)16-7-9-18-14(12-16)11-15-13-17(21(4,5)6)8-10-19(15)18;1-2-4-5-3-1;1-3-2;;;/h7-13H,1-6H3;1-3H,4H2;1-2H3;2*1H;/q2*-1;;;;+2/p-2. The number of halogens is 2. The molecule has 0 saturated carbocycles. The van der Waals surface area contributed by atoms with Gasteiger partial charge in [0, 0.05) is 0 Å². The van der Waals surface area contributed by atoms with Crippen LogP contribution in [0.2, 0.25) is 13.1 Å². The maximum absolute atomic E-state index is 2.99. The molecule has 0 heterocycles. The molecule has 1 aliphatic carbocycles. The summed E-state index contributed by atoms with van der Waals surface area (Å²) in [5, 5.41) is 5.48. The SMILES string of the molecule is CC(C)(C)c1ccc2c(c1)[cH-]c1cc(C(C)(C)C)ccc12.C[Si](C)=[Zr+2].[C-]1=CC=CC1.[Cl-].[Cl-]. The molecule has 32 heavy (non-hydrogen) atoms. The molecule has 0 saturated heterocycles. The first kappa shape index (κ1) is 31.5. The van der Waals surface area contributed by atoms with Gasteiger partial charge in [-0.25, -0.2) is 12.2 Å². The minimum atomic E-state index is 0. The van der Waals surface area contributed by atoms with Crippen LogP contribution in [0.25, 0.3) is 21.5 Å². The molecule has 3 aromatic rings. The van der Waals surface area contributed by atoms with E-state index in [9.17, 15) is 0 Å². The molecule has 0 spiro atoms. The summed E-state index contributed by atoms with van der Waals surface area (Å²) in [6.07, 6.45) is 10.0. The third-order valence-corrected chi connectivity index (χ3v) is 5.02. The Morgan fingerprint density at radius 1 is 0.812 bits per heavy atom. The monoisotopic (exact) mass is 560 g/mol. The molecule has 3 aromatic carbocycles. The smallest absolute Gasteiger partial charge is 0.109 e. The number of rotatable bonds is 0. The molecule has 0 amide bonds. The number of benzene rings is 2. The molecule has 4 rings (SSSR count). The van der Waals surface area contributed by atoms with Crippen LogP contribution in [-0.4, -0.2) is 5.43 Å². The molecule has 0 fully saturated rings. The third-order valence-electron chi connectivity index (χ3n) is 5.02. The van der Waals surface area contributed by atoms with Gasteiger partial charge in [0.2, 0.25) is 0 Å². The summed E-state index contributed by atoms with van der Waals surface area (Å²) >= 11 is 1.74. The topological polar surface area (TPSA) is 0 Å². The van der Waals surface area contributed by atoms with E-state index in [1.165, 1.54) is 32.7 Å². The van der Waals surface area contributed by atoms with E-state index in [0.717, 1.165) is 6.42 Å². The molecule has 4 heteroatoms. The second kappa shape index (κ2) is 13.4. The Bertz CT molecular complexity index is 994. The zero-order valence-electron chi connectivity index (χ0n) is 20.7. The normalized spacial score (nSPS) is 12.3. The first-order valence-corrected chi connectivity index (χ1v) is 17.0. The maximum Gasteiger partial charge on any atom is -0.109 e. The molecule has 0 nitrogen and oxygen atoms in total. The predicted molar refractivity (Wildman–Crippen MR) is 133 cm³/mol. The van der Waals surface area contributed by atoms with Crippen molar-refractivity contribution in [2.45, 2.75) is 71.9 Å². The summed E-state index contributed by atoms with van der Waals surface area (Å²) < 4.78 is 0. The summed E-state index contributed by atoms with van der Waals surface area (Å²) in [6, 6.07) is 16.2. The molecular weight excluding hydrogens is 527 g/mol. The molecule has 0 unspecified atom stereocenters. The molecule has 0 N–H and O–H groups in total. The van der Waals surface area contributed by atoms with E-state index in [1.54, 1.807) is 23.3 Å². The van der Waals surface area contributed by atoms with Crippen LogP contribution in [0.1, 0.15) is 59.1 Å². The van der Waals surface area contributed by atoms with Crippen molar-refractivity contribution in [2.75, 3.05) is 0 Å². The van der Waals surface area contributed by atoms with Gasteiger partial charge in [0.1, 0.15) is 0 Å². The minimum absolute atomic E-state index is 0. The average Bonchev–Trinajstić information content (AvgIpc) is 3.30. The maximum atomic E-state index is 2.99. The van der Waals surface area contributed by atoms with Crippen molar-refractivity contribution in [3.63, 3.8) is 0 Å². The third kappa shape index (κ3) is 9.38. The molecule has 0 bridgehead atoms. The Balaban J connectivity index is 0.000000739. The summed E-state index contributed by atoms with van der Waals surface area (Å²) in [5.74, 6) is 0. The van der Waals surface area contributed by atoms with E-state index in [4.69, 9.17) is 0 Å². The van der Waals surface area contributed by atoms with Crippen molar-refractivity contribution in [2.24, 2.45) is 0 Å². The number of allylic oxidation sites excluding steroid dienone is 4. The van der Waals surface area contributed by atoms with E-state index in [0.29, 0.717) is 0 Å². The van der Waals surface area contributed by atoms with Crippen LogP contribution in [0.4, 0.5) is 0 Å². The molecular formula is C28H36Cl2SiZr-2. The van der Waals surface area contributed by atoms with Crippen molar-refractivity contribution in [1.29, 1.82) is 0 Å². The summed E-state index contributed by atoms with van der Waals surface area (Å²) in [4.78, 5) is 0. The van der Waals surface area contributed by atoms with Crippen molar-refractivity contribution >= 4 is 27.0 Å². The van der Waals surface area contributed by atoms with Gasteiger partial charge in [-0.1, -0.05) is 76.9 Å². The Kier molecular flexibility index (Phi) is 13.2. The molecule has 172 valence electrons. The second-order valence-electron chi connectivity index (χ2n) is 10.3. The Hall–Kier alpha value is -0.530. The van der Waals surface area contributed by atoms with Crippen molar-refractivity contribution in [3.8, 4) is 0 Å². The zero-order chi connectivity index (χ0) is 22.5. The Labute approximate surface area is 223 Å². The number of fused-ring (bicyclic) bond motifs is 3. The first-order chi connectivity index (χ1) is 13.9. The van der Waals surface area contributed by atoms with Crippen LogP contribution >= 0.6 is 0 Å². The molecule has 0 aliphatic heterocycles.